The van der Waals surface area contributed by atoms with Gasteiger partial charge in [0.1, 0.15) is 5.82 Å². The molecule has 206 valence electrons. The Kier molecular flexibility index (Phi) is 8.48. The molecule has 1 heterocycles. The van der Waals surface area contributed by atoms with E-state index >= 15 is 0 Å². The van der Waals surface area contributed by atoms with E-state index in [9.17, 15) is 26.4 Å². The van der Waals surface area contributed by atoms with Crippen LogP contribution in [0.15, 0.2) is 60.7 Å². The molecule has 4 aromatic rings. The third-order valence-corrected chi connectivity index (χ3v) is 7.03. The highest BCUT2D eigenvalue weighted by Gasteiger charge is 2.34. The summed E-state index contributed by atoms with van der Waals surface area (Å²) in [4.78, 5) is 16.8. The number of hydrogen-bond acceptors (Lipinski definition) is 6. The minimum Gasteiger partial charge on any atom is -0.448 e. The molecule has 8 nitrogen and oxygen atoms in total. The van der Waals surface area contributed by atoms with Crippen LogP contribution in [0.25, 0.3) is 16.7 Å². The summed E-state index contributed by atoms with van der Waals surface area (Å²) < 4.78 is 70.7. The van der Waals surface area contributed by atoms with Gasteiger partial charge in [0.25, 0.3) is 0 Å². The van der Waals surface area contributed by atoms with Crippen molar-refractivity contribution in [2.75, 3.05) is 10.9 Å². The third-order valence-electron chi connectivity index (χ3n) is 6.00. The minimum absolute atomic E-state index is 0.0806. The van der Waals surface area contributed by atoms with Gasteiger partial charge >= 0.3 is 12.3 Å². The van der Waals surface area contributed by atoms with Gasteiger partial charge in [-0.25, -0.2) is 18.2 Å². The summed E-state index contributed by atoms with van der Waals surface area (Å²) >= 11 is 5.95. The molecule has 4 rings (SSSR count). The molecule has 0 saturated heterocycles. The third kappa shape index (κ3) is 6.18. The lowest BCUT2D eigenvalue weighted by atomic mass is 10.1. The molecule has 0 fully saturated rings. The number of carbonyl (C=O) groups is 1. The molecule has 0 saturated carbocycles. The molecule has 0 spiro atoms. The molecule has 2 N–H and O–H groups in total. The average molecular weight is 581 g/mol. The maximum Gasteiger partial charge on any atom is 0.428 e. The number of hydrogen-bond donors (Lipinski definition) is 2. The predicted molar refractivity (Wildman–Crippen MR) is 143 cm³/mol. The van der Waals surface area contributed by atoms with E-state index in [0.29, 0.717) is 34.2 Å². The van der Waals surface area contributed by atoms with Gasteiger partial charge in [-0.2, -0.15) is 17.5 Å². The standard InChI is InChI=1S/C26H24ClF3N4O4S/c1-2-24-32-22-13-20(26(28,29)30)21(27)14-23(22)33(24)18-7-3-16(4-8-18)11-12-38-25(35)34(39(36)37)19-9-5-17(15-31)6-10-19/h3-10,13-14,39H,2,11-12,15,31H2,1H3. The van der Waals surface area contributed by atoms with E-state index in [0.717, 1.165) is 17.2 Å². The zero-order chi connectivity index (χ0) is 28.3. The van der Waals surface area contributed by atoms with Gasteiger partial charge in [0.2, 0.25) is 10.9 Å². The summed E-state index contributed by atoms with van der Waals surface area (Å²) in [5, 5.41) is -0.415. The Labute approximate surface area is 228 Å². The molecule has 1 amide bonds. The molecule has 0 atom stereocenters. The quantitative estimate of drug-likeness (QED) is 0.269. The first kappa shape index (κ1) is 28.4. The van der Waals surface area contributed by atoms with E-state index in [4.69, 9.17) is 22.1 Å². The number of amides is 1. The number of carbonyl (C=O) groups excluding carboxylic acids is 1. The second kappa shape index (κ2) is 11.6. The van der Waals surface area contributed by atoms with Crippen molar-refractivity contribution in [1.82, 2.24) is 9.55 Å². The van der Waals surface area contributed by atoms with Crippen LogP contribution in [0.5, 0.6) is 0 Å². The number of fused-ring (bicyclic) bond motifs is 1. The zero-order valence-electron chi connectivity index (χ0n) is 20.6. The Hall–Kier alpha value is -3.61. The van der Waals surface area contributed by atoms with Gasteiger partial charge in [-0.05, 0) is 47.5 Å². The molecular formula is C26H24ClF3N4O4S. The number of alkyl halides is 3. The normalized spacial score (nSPS) is 11.8. The van der Waals surface area contributed by atoms with Crippen molar-refractivity contribution in [3.63, 3.8) is 0 Å². The minimum atomic E-state index is -4.60. The van der Waals surface area contributed by atoms with E-state index in [1.807, 2.05) is 6.92 Å². The Morgan fingerprint density at radius 1 is 1.08 bits per heavy atom. The lowest BCUT2D eigenvalue weighted by Gasteiger charge is -2.16. The predicted octanol–water partition coefficient (Wildman–Crippen LogP) is 5.43. The second-order valence-corrected chi connectivity index (χ2v) is 9.77. The number of aromatic nitrogens is 2. The Balaban J connectivity index is 1.48. The fourth-order valence-electron chi connectivity index (χ4n) is 4.06. The lowest BCUT2D eigenvalue weighted by molar-refractivity contribution is -0.137. The number of benzene rings is 3. The smallest absolute Gasteiger partial charge is 0.428 e. The fourth-order valence-corrected chi connectivity index (χ4v) is 4.84. The van der Waals surface area contributed by atoms with Crippen molar-refractivity contribution in [3.05, 3.63) is 88.2 Å². The maximum atomic E-state index is 13.3. The number of nitrogens with two attached hydrogens (primary N) is 1. The van der Waals surface area contributed by atoms with Crippen molar-refractivity contribution in [3.8, 4) is 5.69 Å². The van der Waals surface area contributed by atoms with E-state index in [1.165, 1.54) is 18.2 Å². The zero-order valence-corrected chi connectivity index (χ0v) is 22.3. The molecular weight excluding hydrogens is 557 g/mol. The Morgan fingerprint density at radius 2 is 1.72 bits per heavy atom. The van der Waals surface area contributed by atoms with Crippen LogP contribution in [-0.4, -0.2) is 30.7 Å². The second-order valence-electron chi connectivity index (χ2n) is 8.49. The highest BCUT2D eigenvalue weighted by molar-refractivity contribution is 7.75. The van der Waals surface area contributed by atoms with E-state index in [-0.39, 0.29) is 24.4 Å². The molecule has 13 heteroatoms. The number of ether oxygens (including phenoxy) is 1. The number of halogens is 4. The van der Waals surface area contributed by atoms with Gasteiger partial charge in [0.15, 0.2) is 0 Å². The van der Waals surface area contributed by atoms with Crippen LogP contribution in [0.1, 0.15) is 29.4 Å². The molecule has 1 aromatic heterocycles. The van der Waals surface area contributed by atoms with Crippen LogP contribution >= 0.6 is 11.6 Å². The Morgan fingerprint density at radius 3 is 2.28 bits per heavy atom. The molecule has 3 aromatic carbocycles. The Bertz CT molecular complexity index is 1560. The molecule has 0 radical (unpaired) electrons. The number of imidazole rings is 1. The highest BCUT2D eigenvalue weighted by Crippen LogP contribution is 2.37. The first-order valence-corrected chi connectivity index (χ1v) is 13.3. The van der Waals surface area contributed by atoms with Crippen LogP contribution in [0, 0.1) is 0 Å². The summed E-state index contributed by atoms with van der Waals surface area (Å²) in [6, 6.07) is 15.5. The summed E-state index contributed by atoms with van der Waals surface area (Å²) in [5.74, 6) is 0.563. The summed E-state index contributed by atoms with van der Waals surface area (Å²) in [6.07, 6.45) is -4.86. The summed E-state index contributed by atoms with van der Waals surface area (Å²) in [6.45, 7) is 2.04. The lowest BCUT2D eigenvalue weighted by Crippen LogP contribution is -2.30. The van der Waals surface area contributed by atoms with Crippen molar-refractivity contribution in [2.24, 2.45) is 5.73 Å². The van der Waals surface area contributed by atoms with Crippen LogP contribution in [0.3, 0.4) is 0 Å². The number of rotatable bonds is 8. The number of aryl methyl sites for hydroxylation is 1. The van der Waals surface area contributed by atoms with Gasteiger partial charge in [0, 0.05) is 25.1 Å². The molecule has 39 heavy (non-hydrogen) atoms. The number of thiol groups is 1. The molecule has 0 unspecified atom stereocenters. The average Bonchev–Trinajstić information content (AvgIpc) is 3.26. The van der Waals surface area contributed by atoms with Crippen LogP contribution in [-0.2, 0) is 41.2 Å². The molecule has 0 aliphatic carbocycles. The highest BCUT2D eigenvalue weighted by atomic mass is 35.5. The van der Waals surface area contributed by atoms with E-state index in [2.05, 4.69) is 4.98 Å². The monoisotopic (exact) mass is 580 g/mol. The first-order valence-electron chi connectivity index (χ1n) is 11.8. The topological polar surface area (TPSA) is 108 Å². The van der Waals surface area contributed by atoms with Crippen molar-refractivity contribution >= 4 is 45.3 Å². The van der Waals surface area contributed by atoms with E-state index < -0.39 is 33.7 Å². The van der Waals surface area contributed by atoms with Crippen molar-refractivity contribution in [1.29, 1.82) is 0 Å². The van der Waals surface area contributed by atoms with Crippen LogP contribution in [0.4, 0.5) is 23.7 Å². The largest absolute Gasteiger partial charge is 0.448 e. The van der Waals surface area contributed by atoms with Gasteiger partial charge < -0.3 is 10.5 Å². The van der Waals surface area contributed by atoms with Crippen LogP contribution in [0.2, 0.25) is 5.02 Å². The molecule has 0 bridgehead atoms. The first-order chi connectivity index (χ1) is 18.5. The van der Waals surface area contributed by atoms with Gasteiger partial charge in [-0.1, -0.05) is 42.8 Å². The maximum absolute atomic E-state index is 13.3. The van der Waals surface area contributed by atoms with Gasteiger partial charge in [0.05, 0.1) is 33.9 Å². The van der Waals surface area contributed by atoms with Crippen molar-refractivity contribution in [2.45, 2.75) is 32.5 Å². The van der Waals surface area contributed by atoms with Gasteiger partial charge in [-0.3, -0.25) is 4.57 Å². The fraction of sp³-hybridized carbons (Fsp3) is 0.231. The van der Waals surface area contributed by atoms with Gasteiger partial charge in [-0.15, -0.1) is 0 Å². The van der Waals surface area contributed by atoms with Crippen molar-refractivity contribution < 1.29 is 31.1 Å². The molecule has 0 aliphatic rings. The van der Waals surface area contributed by atoms with E-state index in [1.54, 1.807) is 41.0 Å². The molecule has 0 aliphatic heterocycles. The number of anilines is 1. The number of nitrogens with zero attached hydrogens (tertiary/aromatic N) is 3. The summed E-state index contributed by atoms with van der Waals surface area (Å²) in [7, 11) is -3.27. The van der Waals surface area contributed by atoms with Crippen LogP contribution < -0.4 is 10.0 Å². The SMILES string of the molecule is CCc1nc2cc(C(F)(F)F)c(Cl)cc2n1-c1ccc(CCOC(=O)N(c2ccc(CN)cc2)[SH](=O)=O)cc1. The summed E-state index contributed by atoms with van der Waals surface area (Å²) in [5.41, 5.74) is 7.60.